The largest absolute Gasteiger partial charge is 0.309 e. The van der Waals surface area contributed by atoms with Crippen LogP contribution in [0.2, 0.25) is 0 Å². The molecule has 4 heterocycles. The molecule has 0 spiro atoms. The zero-order valence-electron chi connectivity index (χ0n) is 30.9. The van der Waals surface area contributed by atoms with Crippen molar-refractivity contribution >= 4 is 81.7 Å². The van der Waals surface area contributed by atoms with E-state index in [0.717, 1.165) is 11.4 Å². The number of hydrogen-bond acceptors (Lipinski definition) is 0. The third-order valence-electron chi connectivity index (χ3n) is 12.4. The van der Waals surface area contributed by atoms with Crippen molar-refractivity contribution < 1.29 is 0 Å². The molecule has 0 N–H and O–H groups in total. The average molecular weight is 724 g/mol. The van der Waals surface area contributed by atoms with E-state index in [9.17, 15) is 0 Å². The van der Waals surface area contributed by atoms with Crippen LogP contribution < -0.4 is 0 Å². The molecule has 0 saturated heterocycles. The Labute approximate surface area is 327 Å². The first-order valence-corrected chi connectivity index (χ1v) is 19.7. The highest BCUT2D eigenvalue weighted by Gasteiger charge is 2.20. The normalized spacial score (nSPS) is 12.2. The molecule has 9 aromatic carbocycles. The van der Waals surface area contributed by atoms with Crippen LogP contribution in [0.4, 0.5) is 0 Å². The molecule has 0 unspecified atom stereocenters. The van der Waals surface area contributed by atoms with Crippen molar-refractivity contribution in [3.8, 4) is 33.6 Å². The molecule has 0 atom stereocenters. The van der Waals surface area contributed by atoms with Crippen LogP contribution >= 0.6 is 0 Å². The number of benzene rings is 9. The monoisotopic (exact) mass is 723 g/mol. The molecule has 4 aromatic heterocycles. The molecule has 0 aliphatic heterocycles. The smallest absolute Gasteiger partial charge is 0.0620 e. The number of aromatic nitrogens is 3. The number of para-hydroxylation sites is 4. The van der Waals surface area contributed by atoms with E-state index in [4.69, 9.17) is 0 Å². The van der Waals surface area contributed by atoms with Crippen molar-refractivity contribution in [2.24, 2.45) is 0 Å². The zero-order valence-corrected chi connectivity index (χ0v) is 30.9. The van der Waals surface area contributed by atoms with Gasteiger partial charge < -0.3 is 13.5 Å². The SMILES string of the molecule is c1ccc(-c2ccc(-n3c4ccccc4c4cc(-c5ccc6c(c5)c5ccccc5n6-c5ccc6c7cccc8c9ccccc9n(c6c5)c87)ccc43)cc2)cc1. The van der Waals surface area contributed by atoms with Crippen LogP contribution in [0.3, 0.4) is 0 Å². The molecule has 264 valence electrons. The Bertz CT molecular complexity index is 3730. The molecule has 13 aromatic rings. The molecule has 0 fully saturated rings. The maximum Gasteiger partial charge on any atom is 0.0620 e. The Hall–Kier alpha value is -7.62. The van der Waals surface area contributed by atoms with Gasteiger partial charge in [-0.1, -0.05) is 133 Å². The molecule has 3 nitrogen and oxygen atoms in total. The fourth-order valence-corrected chi connectivity index (χ4v) is 9.85. The number of fused-ring (bicyclic) bond motifs is 12. The quantitative estimate of drug-likeness (QED) is 0.172. The van der Waals surface area contributed by atoms with Gasteiger partial charge in [0.05, 0.1) is 38.6 Å². The van der Waals surface area contributed by atoms with Gasteiger partial charge >= 0.3 is 0 Å². The number of nitrogens with zero attached hydrogens (tertiary/aromatic N) is 3. The fraction of sp³-hybridized carbons (Fsp3) is 0. The third-order valence-corrected chi connectivity index (χ3v) is 12.4. The topological polar surface area (TPSA) is 14.3 Å². The van der Waals surface area contributed by atoms with Crippen molar-refractivity contribution in [1.29, 1.82) is 0 Å². The molecule has 3 heteroatoms. The van der Waals surface area contributed by atoms with Crippen molar-refractivity contribution in [1.82, 2.24) is 13.5 Å². The summed E-state index contributed by atoms with van der Waals surface area (Å²) in [5, 5.41) is 10.2. The van der Waals surface area contributed by atoms with Crippen LogP contribution in [0.5, 0.6) is 0 Å². The maximum absolute atomic E-state index is 2.47. The lowest BCUT2D eigenvalue weighted by Crippen LogP contribution is -1.94. The van der Waals surface area contributed by atoms with Crippen LogP contribution in [0.15, 0.2) is 200 Å². The van der Waals surface area contributed by atoms with Gasteiger partial charge in [-0.3, -0.25) is 0 Å². The van der Waals surface area contributed by atoms with Crippen LogP contribution in [-0.2, 0) is 0 Å². The highest BCUT2D eigenvalue weighted by Crippen LogP contribution is 2.42. The Balaban J connectivity index is 0.968. The third kappa shape index (κ3) is 4.26. The molecule has 0 saturated carbocycles. The average Bonchev–Trinajstić information content (AvgIpc) is 4.01. The van der Waals surface area contributed by atoms with E-state index >= 15 is 0 Å². The van der Waals surface area contributed by atoms with Gasteiger partial charge in [0.15, 0.2) is 0 Å². The highest BCUT2D eigenvalue weighted by atomic mass is 15.0. The van der Waals surface area contributed by atoms with E-state index in [1.54, 1.807) is 0 Å². The molecular formula is C54H33N3. The summed E-state index contributed by atoms with van der Waals surface area (Å²) in [6.45, 7) is 0. The molecule has 0 radical (unpaired) electrons. The fourth-order valence-electron chi connectivity index (χ4n) is 9.85. The van der Waals surface area contributed by atoms with Crippen LogP contribution in [-0.4, -0.2) is 13.5 Å². The first kappa shape index (κ1) is 30.7. The van der Waals surface area contributed by atoms with Gasteiger partial charge in [-0.25, -0.2) is 0 Å². The van der Waals surface area contributed by atoms with Crippen LogP contribution in [0, 0.1) is 0 Å². The first-order chi connectivity index (χ1) is 28.3. The van der Waals surface area contributed by atoms with Gasteiger partial charge in [-0.2, -0.15) is 0 Å². The second-order valence-electron chi connectivity index (χ2n) is 15.3. The zero-order chi connectivity index (χ0) is 37.2. The molecular weight excluding hydrogens is 691 g/mol. The van der Waals surface area contributed by atoms with Crippen LogP contribution in [0.1, 0.15) is 0 Å². The first-order valence-electron chi connectivity index (χ1n) is 19.7. The second-order valence-corrected chi connectivity index (χ2v) is 15.3. The van der Waals surface area contributed by atoms with Crippen LogP contribution in [0.25, 0.3) is 115 Å². The van der Waals surface area contributed by atoms with E-state index in [0.29, 0.717) is 0 Å². The van der Waals surface area contributed by atoms with E-state index in [2.05, 4.69) is 214 Å². The van der Waals surface area contributed by atoms with Gasteiger partial charge in [-0.15, -0.1) is 0 Å². The lowest BCUT2D eigenvalue weighted by atomic mass is 10.0. The van der Waals surface area contributed by atoms with Crippen molar-refractivity contribution in [2.45, 2.75) is 0 Å². The maximum atomic E-state index is 2.47. The van der Waals surface area contributed by atoms with E-state index in [1.807, 2.05) is 0 Å². The van der Waals surface area contributed by atoms with Crippen molar-refractivity contribution in [2.75, 3.05) is 0 Å². The van der Waals surface area contributed by atoms with Gasteiger partial charge in [0, 0.05) is 54.5 Å². The Morgan fingerprint density at radius 1 is 0.228 bits per heavy atom. The lowest BCUT2D eigenvalue weighted by molar-refractivity contribution is 1.18. The Kier molecular flexibility index (Phi) is 6.16. The summed E-state index contributed by atoms with van der Waals surface area (Å²) in [5.41, 5.74) is 15.8. The van der Waals surface area contributed by atoms with Gasteiger partial charge in [0.2, 0.25) is 0 Å². The summed E-state index contributed by atoms with van der Waals surface area (Å²) in [5.74, 6) is 0. The standard InChI is InChI=1S/C54H33N3/c1-2-11-34(12-3-1)35-21-25-38(26-22-35)55-48-18-7-5-14-41(48)46-31-36(23-29-51(46)55)37-24-30-52-47(32-37)42-15-6-8-19-49(42)56(52)39-27-28-43-45-17-10-16-44-40-13-4-9-20-50(40)57(54(44)45)53(43)33-39/h1-33H. The summed E-state index contributed by atoms with van der Waals surface area (Å²) in [6, 6.07) is 73.7. The van der Waals surface area contributed by atoms with Crippen molar-refractivity contribution in [3.63, 3.8) is 0 Å². The minimum Gasteiger partial charge on any atom is -0.309 e. The molecule has 0 amide bonds. The molecule has 0 aliphatic carbocycles. The molecule has 57 heavy (non-hydrogen) atoms. The highest BCUT2D eigenvalue weighted by molar-refractivity contribution is 6.23. The summed E-state index contributed by atoms with van der Waals surface area (Å²) in [7, 11) is 0. The lowest BCUT2D eigenvalue weighted by Gasteiger charge is -2.10. The van der Waals surface area contributed by atoms with E-state index in [1.165, 1.54) is 104 Å². The van der Waals surface area contributed by atoms with Gasteiger partial charge in [0.25, 0.3) is 0 Å². The molecule has 13 rings (SSSR count). The number of rotatable bonds is 4. The van der Waals surface area contributed by atoms with Crippen molar-refractivity contribution in [3.05, 3.63) is 200 Å². The van der Waals surface area contributed by atoms with E-state index < -0.39 is 0 Å². The minimum absolute atomic E-state index is 1.16. The summed E-state index contributed by atoms with van der Waals surface area (Å²) in [4.78, 5) is 0. The van der Waals surface area contributed by atoms with Gasteiger partial charge in [-0.05, 0) is 89.0 Å². The Morgan fingerprint density at radius 2 is 0.667 bits per heavy atom. The second kappa shape index (κ2) is 11.5. The molecule has 0 aliphatic rings. The summed E-state index contributed by atoms with van der Waals surface area (Å²) < 4.78 is 7.31. The molecule has 0 bridgehead atoms. The predicted molar refractivity (Wildman–Crippen MR) is 241 cm³/mol. The minimum atomic E-state index is 1.16. The van der Waals surface area contributed by atoms with E-state index in [-0.39, 0.29) is 0 Å². The summed E-state index contributed by atoms with van der Waals surface area (Å²) >= 11 is 0. The number of hydrogen-bond donors (Lipinski definition) is 0. The Morgan fingerprint density at radius 3 is 1.30 bits per heavy atom. The van der Waals surface area contributed by atoms with Gasteiger partial charge in [0.1, 0.15) is 0 Å². The predicted octanol–water partition coefficient (Wildman–Crippen LogP) is 14.4. The summed E-state index contributed by atoms with van der Waals surface area (Å²) in [6.07, 6.45) is 0.